The first kappa shape index (κ1) is 12.0. The fraction of sp³-hybridized carbons (Fsp3) is 0. The molecule has 4 nitrogen and oxygen atoms in total. The van der Waals surface area contributed by atoms with Crippen molar-refractivity contribution in [1.29, 1.82) is 0 Å². The lowest BCUT2D eigenvalue weighted by atomic mass is 10.1. The van der Waals surface area contributed by atoms with Gasteiger partial charge in [-0.3, -0.25) is 0 Å². The molecule has 1 aromatic heterocycles. The van der Waals surface area contributed by atoms with Crippen LogP contribution in [0, 0.1) is 5.82 Å². The van der Waals surface area contributed by atoms with E-state index in [4.69, 9.17) is 0 Å². The number of phenols is 2. The van der Waals surface area contributed by atoms with Crippen LogP contribution in [-0.2, 0) is 0 Å². The molecule has 3 rings (SSSR count). The second-order valence-electron chi connectivity index (χ2n) is 4.04. The maximum Gasteiger partial charge on any atom is 0.146 e. The number of H-pyrrole nitrogens is 1. The number of nitrogens with one attached hydrogen (secondary N) is 1. The second-order valence-corrected chi connectivity index (χ2v) is 4.89. The van der Waals surface area contributed by atoms with Gasteiger partial charge in [0, 0.05) is 6.07 Å². The van der Waals surface area contributed by atoms with Crippen LogP contribution in [0.4, 0.5) is 4.39 Å². The zero-order valence-corrected chi connectivity index (χ0v) is 11.1. The number of aromatic nitrogens is 2. The molecule has 2 aromatic carbocycles. The van der Waals surface area contributed by atoms with E-state index in [0.29, 0.717) is 15.5 Å². The van der Waals surface area contributed by atoms with Gasteiger partial charge in [-0.15, -0.1) is 0 Å². The number of imidazole rings is 1. The van der Waals surface area contributed by atoms with Gasteiger partial charge in [-0.05, 0) is 34.1 Å². The van der Waals surface area contributed by atoms with Gasteiger partial charge < -0.3 is 15.2 Å². The first-order valence-corrected chi connectivity index (χ1v) is 6.21. The molecule has 0 atom stereocenters. The monoisotopic (exact) mass is 322 g/mol. The van der Waals surface area contributed by atoms with Crippen molar-refractivity contribution in [2.75, 3.05) is 0 Å². The Balaban J connectivity index is 2.26. The minimum atomic E-state index is -0.413. The quantitative estimate of drug-likeness (QED) is 0.641. The summed E-state index contributed by atoms with van der Waals surface area (Å²) in [5.41, 5.74) is 1.21. The molecule has 19 heavy (non-hydrogen) atoms. The summed E-state index contributed by atoms with van der Waals surface area (Å²) in [7, 11) is 0. The van der Waals surface area contributed by atoms with Crippen LogP contribution >= 0.6 is 15.9 Å². The molecule has 0 fully saturated rings. The largest absolute Gasteiger partial charge is 0.507 e. The number of benzene rings is 2. The van der Waals surface area contributed by atoms with Crippen LogP contribution in [-0.4, -0.2) is 20.2 Å². The molecule has 0 bridgehead atoms. The van der Waals surface area contributed by atoms with Gasteiger partial charge in [0.1, 0.15) is 28.7 Å². The van der Waals surface area contributed by atoms with E-state index in [1.54, 1.807) is 0 Å². The Hall–Kier alpha value is -2.08. The van der Waals surface area contributed by atoms with Crippen molar-refractivity contribution in [3.05, 3.63) is 40.6 Å². The number of aromatic hydroxyl groups is 2. The number of halogens is 2. The lowest BCUT2D eigenvalue weighted by Crippen LogP contribution is -1.82. The highest BCUT2D eigenvalue weighted by Crippen LogP contribution is 2.36. The molecular weight excluding hydrogens is 315 g/mol. The normalized spacial score (nSPS) is 11.1. The van der Waals surface area contributed by atoms with Crippen LogP contribution in [0.3, 0.4) is 0 Å². The predicted octanol–water partition coefficient (Wildman–Crippen LogP) is 3.54. The lowest BCUT2D eigenvalue weighted by Gasteiger charge is -2.02. The van der Waals surface area contributed by atoms with Crippen LogP contribution in [0.25, 0.3) is 22.4 Å². The van der Waals surface area contributed by atoms with Gasteiger partial charge in [-0.1, -0.05) is 6.07 Å². The Bertz CT molecular complexity index is 726. The van der Waals surface area contributed by atoms with E-state index in [0.717, 1.165) is 0 Å². The highest BCUT2D eigenvalue weighted by atomic mass is 79.9. The SMILES string of the molecule is Oc1cccc(O)c1-c1nc2cc(Br)c(F)cc2[nH]1. The third-order valence-corrected chi connectivity index (χ3v) is 3.39. The van der Waals surface area contributed by atoms with E-state index in [-0.39, 0.29) is 22.9 Å². The van der Waals surface area contributed by atoms with Crippen molar-refractivity contribution in [3.8, 4) is 22.9 Å². The molecule has 0 saturated carbocycles. The van der Waals surface area contributed by atoms with Crippen LogP contribution in [0.5, 0.6) is 11.5 Å². The van der Waals surface area contributed by atoms with Gasteiger partial charge >= 0.3 is 0 Å². The van der Waals surface area contributed by atoms with Crippen LogP contribution < -0.4 is 0 Å². The summed E-state index contributed by atoms with van der Waals surface area (Å²) in [6, 6.07) is 7.24. The molecule has 6 heteroatoms. The topological polar surface area (TPSA) is 69.1 Å². The summed E-state index contributed by atoms with van der Waals surface area (Å²) in [4.78, 5) is 7.10. The summed E-state index contributed by atoms with van der Waals surface area (Å²) in [6.45, 7) is 0. The Morgan fingerprint density at radius 1 is 1.16 bits per heavy atom. The summed E-state index contributed by atoms with van der Waals surface area (Å²) in [5.74, 6) is -0.329. The third-order valence-electron chi connectivity index (χ3n) is 2.78. The number of hydrogen-bond donors (Lipinski definition) is 3. The minimum absolute atomic E-state index is 0.0985. The van der Waals surface area contributed by atoms with Crippen molar-refractivity contribution in [1.82, 2.24) is 9.97 Å². The van der Waals surface area contributed by atoms with E-state index >= 15 is 0 Å². The highest BCUT2D eigenvalue weighted by molar-refractivity contribution is 9.10. The fourth-order valence-electron chi connectivity index (χ4n) is 1.89. The maximum atomic E-state index is 13.4. The molecule has 0 aliphatic heterocycles. The first-order chi connectivity index (χ1) is 9.06. The second kappa shape index (κ2) is 4.24. The average Bonchev–Trinajstić information content (AvgIpc) is 2.72. The predicted molar refractivity (Wildman–Crippen MR) is 72.5 cm³/mol. The summed E-state index contributed by atoms with van der Waals surface area (Å²) in [6.07, 6.45) is 0. The molecule has 96 valence electrons. The highest BCUT2D eigenvalue weighted by Gasteiger charge is 2.15. The maximum absolute atomic E-state index is 13.4. The van der Waals surface area contributed by atoms with E-state index in [2.05, 4.69) is 25.9 Å². The summed E-state index contributed by atoms with van der Waals surface area (Å²) >= 11 is 3.08. The van der Waals surface area contributed by atoms with E-state index in [9.17, 15) is 14.6 Å². The van der Waals surface area contributed by atoms with Crippen molar-refractivity contribution >= 4 is 27.0 Å². The standard InChI is InChI=1S/C13H8BrFN2O2/c14-6-4-8-9(5-7(6)15)17-13(16-8)12-10(18)2-1-3-11(12)19/h1-5,18-19H,(H,16,17). The lowest BCUT2D eigenvalue weighted by molar-refractivity contribution is 0.453. The van der Waals surface area contributed by atoms with Gasteiger partial charge in [-0.25, -0.2) is 9.37 Å². The van der Waals surface area contributed by atoms with Gasteiger partial charge in [0.15, 0.2) is 0 Å². The zero-order chi connectivity index (χ0) is 13.6. The molecule has 1 heterocycles. The Kier molecular flexibility index (Phi) is 2.67. The first-order valence-electron chi connectivity index (χ1n) is 5.42. The van der Waals surface area contributed by atoms with Crippen LogP contribution in [0.2, 0.25) is 0 Å². The molecule has 0 radical (unpaired) electrons. The molecule has 0 saturated heterocycles. The number of rotatable bonds is 1. The van der Waals surface area contributed by atoms with Gasteiger partial charge in [0.05, 0.1) is 15.5 Å². The molecule has 3 aromatic rings. The van der Waals surface area contributed by atoms with Gasteiger partial charge in [0.2, 0.25) is 0 Å². The van der Waals surface area contributed by atoms with Gasteiger partial charge in [0.25, 0.3) is 0 Å². The van der Waals surface area contributed by atoms with Crippen molar-refractivity contribution in [2.24, 2.45) is 0 Å². The molecule has 0 aliphatic carbocycles. The number of aromatic amines is 1. The van der Waals surface area contributed by atoms with Gasteiger partial charge in [-0.2, -0.15) is 0 Å². The Labute approximate surface area is 115 Å². The number of nitrogens with zero attached hydrogens (tertiary/aromatic N) is 1. The van der Waals surface area contributed by atoms with Crippen molar-refractivity contribution in [3.63, 3.8) is 0 Å². The molecule has 0 aliphatic rings. The number of fused-ring (bicyclic) bond motifs is 1. The fourth-order valence-corrected chi connectivity index (χ4v) is 2.23. The van der Waals surface area contributed by atoms with E-state index in [1.165, 1.54) is 30.3 Å². The minimum Gasteiger partial charge on any atom is -0.507 e. The van der Waals surface area contributed by atoms with Crippen LogP contribution in [0.15, 0.2) is 34.8 Å². The molecule has 0 amide bonds. The Morgan fingerprint density at radius 2 is 1.84 bits per heavy atom. The molecule has 0 spiro atoms. The Morgan fingerprint density at radius 3 is 2.53 bits per heavy atom. The summed E-state index contributed by atoms with van der Waals surface area (Å²) < 4.78 is 13.7. The molecular formula is C13H8BrFN2O2. The third kappa shape index (κ3) is 1.94. The zero-order valence-electron chi connectivity index (χ0n) is 9.48. The number of hydrogen-bond acceptors (Lipinski definition) is 3. The average molecular weight is 323 g/mol. The number of phenolic OH excluding ortho intramolecular Hbond substituents is 2. The summed E-state index contributed by atoms with van der Waals surface area (Å²) in [5, 5.41) is 19.6. The van der Waals surface area contributed by atoms with Crippen molar-refractivity contribution < 1.29 is 14.6 Å². The van der Waals surface area contributed by atoms with E-state index < -0.39 is 5.82 Å². The smallest absolute Gasteiger partial charge is 0.146 e. The van der Waals surface area contributed by atoms with Crippen LogP contribution in [0.1, 0.15) is 0 Å². The molecule has 0 unspecified atom stereocenters. The molecule has 3 N–H and O–H groups in total. The van der Waals surface area contributed by atoms with Crippen molar-refractivity contribution in [2.45, 2.75) is 0 Å². The van der Waals surface area contributed by atoms with E-state index in [1.807, 2.05) is 0 Å².